The quantitative estimate of drug-likeness (QED) is 0.767. The lowest BCUT2D eigenvalue weighted by molar-refractivity contribution is -0.137. The van der Waals surface area contributed by atoms with E-state index in [1.54, 1.807) is 5.38 Å². The third kappa shape index (κ3) is 4.42. The van der Waals surface area contributed by atoms with Gasteiger partial charge in [0.05, 0.1) is 22.5 Å². The summed E-state index contributed by atoms with van der Waals surface area (Å²) in [5.74, 6) is -0.155. The molecule has 2 aromatic heterocycles. The molecule has 0 unspecified atom stereocenters. The summed E-state index contributed by atoms with van der Waals surface area (Å²) in [5.41, 5.74) is -0.261. The molecule has 2 aromatic rings. The Morgan fingerprint density at radius 2 is 2.16 bits per heavy atom. The second-order valence-electron chi connectivity index (χ2n) is 4.92. The number of alkyl halides is 3. The van der Waals surface area contributed by atoms with Gasteiger partial charge in [0.2, 0.25) is 5.91 Å². The fourth-order valence-corrected chi connectivity index (χ4v) is 2.88. The predicted octanol–water partition coefficient (Wildman–Crippen LogP) is 3.99. The van der Waals surface area contributed by atoms with Gasteiger partial charge in [-0.3, -0.25) is 14.7 Å². The molecule has 130 valence electrons. The maximum atomic E-state index is 12.6. The van der Waals surface area contributed by atoms with Gasteiger partial charge in [-0.2, -0.15) is 18.4 Å². The number of anilines is 1. The number of aromatic nitrogens is 2. The van der Waals surface area contributed by atoms with Crippen molar-refractivity contribution in [3.8, 4) is 6.07 Å². The largest absolute Gasteiger partial charge is 0.417 e. The van der Waals surface area contributed by atoms with Crippen LogP contribution < -0.4 is 4.90 Å². The molecule has 0 N–H and O–H groups in total. The Hall–Kier alpha value is -2.73. The highest BCUT2D eigenvalue weighted by Gasteiger charge is 2.30. The molecule has 1 amide bonds. The lowest BCUT2D eigenvalue weighted by Gasteiger charge is -2.14. The first-order valence-corrected chi connectivity index (χ1v) is 8.03. The zero-order chi connectivity index (χ0) is 18.6. The SMILES string of the molecule is CCN(C(C)=O)c1nc(C=C(C#N)c2ccc(C(F)(F)F)cn2)cs1. The first-order chi connectivity index (χ1) is 11.8. The highest BCUT2D eigenvalue weighted by molar-refractivity contribution is 7.14. The van der Waals surface area contributed by atoms with Gasteiger partial charge in [-0.25, -0.2) is 4.98 Å². The molecule has 0 saturated carbocycles. The van der Waals surface area contributed by atoms with Crippen molar-refractivity contribution >= 4 is 34.0 Å². The molecule has 9 heteroatoms. The molecule has 0 saturated heterocycles. The lowest BCUT2D eigenvalue weighted by Crippen LogP contribution is -2.27. The number of carbonyl (C=O) groups is 1. The van der Waals surface area contributed by atoms with Crippen molar-refractivity contribution in [3.05, 3.63) is 40.7 Å². The van der Waals surface area contributed by atoms with E-state index in [2.05, 4.69) is 9.97 Å². The summed E-state index contributed by atoms with van der Waals surface area (Å²) in [6.07, 6.45) is -2.38. The Morgan fingerprint density at radius 3 is 2.64 bits per heavy atom. The van der Waals surface area contributed by atoms with Gasteiger partial charge in [-0.05, 0) is 25.1 Å². The van der Waals surface area contributed by atoms with Crippen LogP contribution >= 0.6 is 11.3 Å². The van der Waals surface area contributed by atoms with Crippen molar-refractivity contribution in [2.45, 2.75) is 20.0 Å². The standard InChI is InChI=1S/C16H13F3N4OS/c1-3-23(10(2)24)15-22-13(9-25-15)6-11(7-20)14-5-4-12(8-21-14)16(17,18)19/h4-6,8-9H,3H2,1-2H3. The van der Waals surface area contributed by atoms with Gasteiger partial charge in [0.25, 0.3) is 0 Å². The summed E-state index contributed by atoms with van der Waals surface area (Å²) in [4.78, 5) is 21.0. The number of rotatable bonds is 4. The Labute approximate surface area is 146 Å². The molecule has 0 bridgehead atoms. The van der Waals surface area contributed by atoms with Crippen LogP contribution in [0, 0.1) is 11.3 Å². The van der Waals surface area contributed by atoms with Crippen LogP contribution in [-0.2, 0) is 11.0 Å². The summed E-state index contributed by atoms with van der Waals surface area (Å²) in [5, 5.41) is 11.4. The van der Waals surface area contributed by atoms with Crippen molar-refractivity contribution in [1.82, 2.24) is 9.97 Å². The highest BCUT2D eigenvalue weighted by atomic mass is 32.1. The number of nitriles is 1. The average molecular weight is 366 g/mol. The van der Waals surface area contributed by atoms with Crippen LogP contribution in [0.1, 0.15) is 30.8 Å². The third-order valence-electron chi connectivity index (χ3n) is 3.22. The second-order valence-corrected chi connectivity index (χ2v) is 5.75. The van der Waals surface area contributed by atoms with Gasteiger partial charge in [0.15, 0.2) is 5.13 Å². The van der Waals surface area contributed by atoms with Gasteiger partial charge < -0.3 is 0 Å². The fraction of sp³-hybridized carbons (Fsp3) is 0.250. The summed E-state index contributed by atoms with van der Waals surface area (Å²) in [7, 11) is 0. The number of thiazole rings is 1. The fourth-order valence-electron chi connectivity index (χ4n) is 1.99. The van der Waals surface area contributed by atoms with Crippen LogP contribution in [0.15, 0.2) is 23.7 Å². The molecule has 0 atom stereocenters. The van der Waals surface area contributed by atoms with E-state index in [0.717, 1.165) is 12.1 Å². The molecule has 0 fully saturated rings. The number of carbonyl (C=O) groups excluding carboxylic acids is 1. The van der Waals surface area contributed by atoms with Gasteiger partial charge in [0.1, 0.15) is 6.07 Å². The first kappa shape index (κ1) is 18.6. The Balaban J connectivity index is 2.31. The highest BCUT2D eigenvalue weighted by Crippen LogP contribution is 2.29. The number of hydrogen-bond donors (Lipinski definition) is 0. The van der Waals surface area contributed by atoms with Crippen LogP contribution in [0.4, 0.5) is 18.3 Å². The number of pyridine rings is 1. The molecule has 0 aliphatic heterocycles. The van der Waals surface area contributed by atoms with Gasteiger partial charge >= 0.3 is 6.18 Å². The molecule has 0 aliphatic rings. The zero-order valence-corrected chi connectivity index (χ0v) is 14.1. The average Bonchev–Trinajstić information content (AvgIpc) is 3.00. The number of allylic oxidation sites excluding steroid dienone is 1. The molecule has 0 radical (unpaired) electrons. The van der Waals surface area contributed by atoms with Crippen molar-refractivity contribution in [1.29, 1.82) is 5.26 Å². The van der Waals surface area contributed by atoms with Crippen LogP contribution in [0.3, 0.4) is 0 Å². The monoisotopic (exact) mass is 366 g/mol. The minimum absolute atomic E-state index is 0.0800. The molecule has 2 heterocycles. The Bertz CT molecular complexity index is 834. The van der Waals surface area contributed by atoms with Crippen LogP contribution in [0.25, 0.3) is 11.6 Å². The summed E-state index contributed by atoms with van der Waals surface area (Å²) in [6.45, 7) is 3.69. The molecule has 0 aromatic carbocycles. The molecule has 0 spiro atoms. The Morgan fingerprint density at radius 1 is 1.44 bits per heavy atom. The topological polar surface area (TPSA) is 69.9 Å². The predicted molar refractivity (Wildman–Crippen MR) is 88.5 cm³/mol. The number of hydrogen-bond acceptors (Lipinski definition) is 5. The Kier molecular flexibility index (Phi) is 5.54. The van der Waals surface area contributed by atoms with Gasteiger partial charge in [-0.1, -0.05) is 0 Å². The molecular weight excluding hydrogens is 353 g/mol. The van der Waals surface area contributed by atoms with Gasteiger partial charge in [-0.15, -0.1) is 11.3 Å². The van der Waals surface area contributed by atoms with Crippen molar-refractivity contribution in [3.63, 3.8) is 0 Å². The van der Waals surface area contributed by atoms with E-state index in [9.17, 15) is 23.2 Å². The maximum Gasteiger partial charge on any atom is 0.417 e. The minimum Gasteiger partial charge on any atom is -0.289 e. The summed E-state index contributed by atoms with van der Waals surface area (Å²) >= 11 is 1.23. The third-order valence-corrected chi connectivity index (χ3v) is 4.10. The van der Waals surface area contributed by atoms with E-state index < -0.39 is 11.7 Å². The minimum atomic E-state index is -4.48. The smallest absolute Gasteiger partial charge is 0.289 e. The number of halogens is 3. The first-order valence-electron chi connectivity index (χ1n) is 7.15. The number of nitrogens with zero attached hydrogens (tertiary/aromatic N) is 4. The van der Waals surface area contributed by atoms with Crippen molar-refractivity contribution in [2.75, 3.05) is 11.4 Å². The van der Waals surface area contributed by atoms with Crippen LogP contribution in [0.5, 0.6) is 0 Å². The van der Waals surface area contributed by atoms with E-state index in [1.807, 2.05) is 13.0 Å². The van der Waals surface area contributed by atoms with E-state index >= 15 is 0 Å². The zero-order valence-electron chi connectivity index (χ0n) is 13.3. The van der Waals surface area contributed by atoms with E-state index in [-0.39, 0.29) is 17.2 Å². The second kappa shape index (κ2) is 7.44. The van der Waals surface area contributed by atoms with Gasteiger partial charge in [0, 0.05) is 25.0 Å². The molecule has 2 rings (SSSR count). The molecule has 0 aliphatic carbocycles. The van der Waals surface area contributed by atoms with Crippen molar-refractivity contribution in [2.24, 2.45) is 0 Å². The normalized spacial score (nSPS) is 11.9. The number of amides is 1. The van der Waals surface area contributed by atoms with Crippen LogP contribution in [-0.4, -0.2) is 22.4 Å². The van der Waals surface area contributed by atoms with E-state index in [4.69, 9.17) is 0 Å². The van der Waals surface area contributed by atoms with E-state index in [1.165, 1.54) is 29.2 Å². The van der Waals surface area contributed by atoms with Crippen molar-refractivity contribution < 1.29 is 18.0 Å². The summed E-state index contributed by atoms with van der Waals surface area (Å²) in [6, 6.07) is 3.91. The van der Waals surface area contributed by atoms with E-state index in [0.29, 0.717) is 23.6 Å². The molecule has 25 heavy (non-hydrogen) atoms. The lowest BCUT2D eigenvalue weighted by atomic mass is 10.1. The summed E-state index contributed by atoms with van der Waals surface area (Å²) < 4.78 is 37.7. The maximum absolute atomic E-state index is 12.6. The molecule has 5 nitrogen and oxygen atoms in total. The van der Waals surface area contributed by atoms with Crippen LogP contribution in [0.2, 0.25) is 0 Å². The molecular formula is C16H13F3N4OS.